The van der Waals surface area contributed by atoms with Gasteiger partial charge in [0.15, 0.2) is 5.11 Å². The van der Waals surface area contributed by atoms with E-state index in [0.717, 1.165) is 0 Å². The zero-order valence-corrected chi connectivity index (χ0v) is 15.0. The Morgan fingerprint density at radius 1 is 1.12 bits per heavy atom. The number of ether oxygens (including phenoxy) is 1. The van der Waals surface area contributed by atoms with Crippen LogP contribution in [0.2, 0.25) is 0 Å². The molecular formula is C17H23N3O3S. The standard InChI is InChI=1S/C17H23N3O3S/c1-17(2,3)15(22)19-16(24)18-13-6-4-12(5-7-13)14(21)20-8-10-23-11-9-20/h4-7H,8-11H2,1-3H3,(H2,18,19,22,24). The minimum Gasteiger partial charge on any atom is -0.378 e. The van der Waals surface area contributed by atoms with E-state index in [1.807, 2.05) is 20.8 Å². The Morgan fingerprint density at radius 3 is 2.25 bits per heavy atom. The molecule has 1 aliphatic rings. The maximum atomic E-state index is 12.4. The van der Waals surface area contributed by atoms with Crippen LogP contribution in [0, 0.1) is 5.41 Å². The zero-order chi connectivity index (χ0) is 17.7. The van der Waals surface area contributed by atoms with Gasteiger partial charge >= 0.3 is 0 Å². The van der Waals surface area contributed by atoms with Crippen LogP contribution in [0.15, 0.2) is 24.3 Å². The van der Waals surface area contributed by atoms with Crippen LogP contribution in [0.5, 0.6) is 0 Å². The highest BCUT2D eigenvalue weighted by Crippen LogP contribution is 2.14. The number of carbonyl (C=O) groups is 2. The predicted octanol–water partition coefficient (Wildman–Crippen LogP) is 2.02. The molecule has 0 saturated carbocycles. The third kappa shape index (κ3) is 5.01. The molecule has 1 aromatic carbocycles. The first kappa shape index (κ1) is 18.4. The van der Waals surface area contributed by atoms with Crippen LogP contribution in [0.4, 0.5) is 5.69 Å². The van der Waals surface area contributed by atoms with Crippen LogP contribution in [-0.2, 0) is 9.53 Å². The quantitative estimate of drug-likeness (QED) is 0.800. The number of amides is 2. The fraction of sp³-hybridized carbons (Fsp3) is 0.471. The van der Waals surface area contributed by atoms with Gasteiger partial charge in [-0.05, 0) is 36.5 Å². The van der Waals surface area contributed by atoms with Crippen LogP contribution in [0.1, 0.15) is 31.1 Å². The van der Waals surface area contributed by atoms with E-state index in [2.05, 4.69) is 10.6 Å². The lowest BCUT2D eigenvalue weighted by Crippen LogP contribution is -2.41. The Bertz CT molecular complexity index is 617. The second-order valence-electron chi connectivity index (χ2n) is 6.64. The van der Waals surface area contributed by atoms with Crippen molar-refractivity contribution >= 4 is 34.8 Å². The molecule has 0 aromatic heterocycles. The Labute approximate surface area is 147 Å². The number of rotatable bonds is 2. The van der Waals surface area contributed by atoms with Gasteiger partial charge < -0.3 is 20.3 Å². The molecule has 0 aliphatic carbocycles. The molecule has 0 radical (unpaired) electrons. The van der Waals surface area contributed by atoms with Crippen molar-refractivity contribution in [2.45, 2.75) is 20.8 Å². The molecule has 2 N–H and O–H groups in total. The number of carbonyl (C=O) groups excluding carboxylic acids is 2. The summed E-state index contributed by atoms with van der Waals surface area (Å²) >= 11 is 5.14. The average molecular weight is 349 g/mol. The van der Waals surface area contributed by atoms with Gasteiger partial charge in [-0.1, -0.05) is 20.8 Å². The third-order valence-electron chi connectivity index (χ3n) is 3.60. The van der Waals surface area contributed by atoms with Gasteiger partial charge in [0, 0.05) is 29.8 Å². The van der Waals surface area contributed by atoms with E-state index in [0.29, 0.717) is 37.6 Å². The first-order chi connectivity index (χ1) is 11.3. The molecule has 24 heavy (non-hydrogen) atoms. The number of morpholine rings is 1. The number of hydrogen-bond donors (Lipinski definition) is 2. The molecule has 0 bridgehead atoms. The van der Waals surface area contributed by atoms with Gasteiger partial charge in [-0.2, -0.15) is 0 Å². The summed E-state index contributed by atoms with van der Waals surface area (Å²) in [7, 11) is 0. The number of thiocarbonyl (C=S) groups is 1. The summed E-state index contributed by atoms with van der Waals surface area (Å²) in [5.74, 6) is -0.160. The number of anilines is 1. The van der Waals surface area contributed by atoms with Crippen molar-refractivity contribution in [2.75, 3.05) is 31.6 Å². The van der Waals surface area contributed by atoms with Gasteiger partial charge in [0.05, 0.1) is 13.2 Å². The lowest BCUT2D eigenvalue weighted by molar-refractivity contribution is -0.126. The molecule has 2 amide bonds. The van der Waals surface area contributed by atoms with E-state index in [4.69, 9.17) is 17.0 Å². The highest BCUT2D eigenvalue weighted by molar-refractivity contribution is 7.80. The van der Waals surface area contributed by atoms with Gasteiger partial charge in [0.25, 0.3) is 5.91 Å². The Hall–Kier alpha value is -1.99. The molecule has 2 rings (SSSR count). The second kappa shape index (κ2) is 7.72. The maximum absolute atomic E-state index is 12.4. The van der Waals surface area contributed by atoms with Crippen molar-refractivity contribution in [3.63, 3.8) is 0 Å². The summed E-state index contributed by atoms with van der Waals surface area (Å²) in [6, 6.07) is 7.02. The molecule has 6 nitrogen and oxygen atoms in total. The topological polar surface area (TPSA) is 70.7 Å². The number of nitrogens with one attached hydrogen (secondary N) is 2. The minimum atomic E-state index is -0.514. The van der Waals surface area contributed by atoms with E-state index in [-0.39, 0.29) is 16.9 Å². The van der Waals surface area contributed by atoms with Gasteiger partial charge in [0.2, 0.25) is 5.91 Å². The summed E-state index contributed by atoms with van der Waals surface area (Å²) in [6.07, 6.45) is 0. The third-order valence-corrected chi connectivity index (χ3v) is 3.80. The van der Waals surface area contributed by atoms with Crippen molar-refractivity contribution < 1.29 is 14.3 Å². The van der Waals surface area contributed by atoms with Crippen molar-refractivity contribution in [3.8, 4) is 0 Å². The summed E-state index contributed by atoms with van der Waals surface area (Å²) in [4.78, 5) is 26.0. The SMILES string of the molecule is CC(C)(C)C(=O)NC(=S)Nc1ccc(C(=O)N2CCOCC2)cc1. The molecule has 1 aromatic rings. The molecule has 1 heterocycles. The second-order valence-corrected chi connectivity index (χ2v) is 7.05. The molecule has 0 unspecified atom stereocenters. The van der Waals surface area contributed by atoms with Gasteiger partial charge in [-0.25, -0.2) is 0 Å². The van der Waals surface area contributed by atoms with E-state index in [9.17, 15) is 9.59 Å². The molecular weight excluding hydrogens is 326 g/mol. The predicted molar refractivity (Wildman–Crippen MR) is 97.0 cm³/mol. The molecule has 130 valence electrons. The van der Waals surface area contributed by atoms with E-state index in [1.165, 1.54) is 0 Å². The molecule has 1 saturated heterocycles. The highest BCUT2D eigenvalue weighted by Gasteiger charge is 2.22. The molecule has 0 atom stereocenters. The normalized spacial score (nSPS) is 14.9. The van der Waals surface area contributed by atoms with Crippen molar-refractivity contribution in [2.24, 2.45) is 5.41 Å². The highest BCUT2D eigenvalue weighted by atomic mass is 32.1. The van der Waals surface area contributed by atoms with E-state index in [1.54, 1.807) is 29.2 Å². The summed E-state index contributed by atoms with van der Waals surface area (Å²) < 4.78 is 5.25. The van der Waals surface area contributed by atoms with Gasteiger partial charge in [0.1, 0.15) is 0 Å². The lowest BCUT2D eigenvalue weighted by Gasteiger charge is -2.26. The lowest BCUT2D eigenvalue weighted by atomic mass is 9.96. The number of hydrogen-bond acceptors (Lipinski definition) is 4. The Kier molecular flexibility index (Phi) is 5.90. The average Bonchev–Trinajstić information content (AvgIpc) is 2.54. The van der Waals surface area contributed by atoms with E-state index >= 15 is 0 Å². The van der Waals surface area contributed by atoms with Crippen molar-refractivity contribution in [3.05, 3.63) is 29.8 Å². The smallest absolute Gasteiger partial charge is 0.254 e. The molecule has 1 aliphatic heterocycles. The van der Waals surface area contributed by atoms with Gasteiger partial charge in [-0.15, -0.1) is 0 Å². The fourth-order valence-corrected chi connectivity index (χ4v) is 2.31. The van der Waals surface area contributed by atoms with Crippen molar-refractivity contribution in [1.82, 2.24) is 10.2 Å². The van der Waals surface area contributed by atoms with Crippen LogP contribution in [-0.4, -0.2) is 48.1 Å². The first-order valence-electron chi connectivity index (χ1n) is 7.87. The summed E-state index contributed by atoms with van der Waals surface area (Å²) in [5, 5.41) is 5.83. The summed E-state index contributed by atoms with van der Waals surface area (Å²) in [6.45, 7) is 7.83. The number of nitrogens with zero attached hydrogens (tertiary/aromatic N) is 1. The van der Waals surface area contributed by atoms with E-state index < -0.39 is 5.41 Å². The van der Waals surface area contributed by atoms with Crippen molar-refractivity contribution in [1.29, 1.82) is 0 Å². The first-order valence-corrected chi connectivity index (χ1v) is 8.28. The number of benzene rings is 1. The minimum absolute atomic E-state index is 0.00605. The van der Waals surface area contributed by atoms with Crippen LogP contribution < -0.4 is 10.6 Å². The zero-order valence-electron chi connectivity index (χ0n) is 14.2. The van der Waals surface area contributed by atoms with Crippen LogP contribution >= 0.6 is 12.2 Å². The molecule has 0 spiro atoms. The van der Waals surface area contributed by atoms with Crippen LogP contribution in [0.3, 0.4) is 0 Å². The fourth-order valence-electron chi connectivity index (χ4n) is 2.10. The Morgan fingerprint density at radius 2 is 1.71 bits per heavy atom. The maximum Gasteiger partial charge on any atom is 0.254 e. The summed E-state index contributed by atoms with van der Waals surface area (Å²) in [5.41, 5.74) is 0.819. The Balaban J connectivity index is 1.93. The monoisotopic (exact) mass is 349 g/mol. The molecule has 1 fully saturated rings. The molecule has 7 heteroatoms. The van der Waals surface area contributed by atoms with Gasteiger partial charge in [-0.3, -0.25) is 9.59 Å². The van der Waals surface area contributed by atoms with Crippen LogP contribution in [0.25, 0.3) is 0 Å². The largest absolute Gasteiger partial charge is 0.378 e.